The van der Waals surface area contributed by atoms with Gasteiger partial charge < -0.3 is 20.7 Å². The molecule has 122 valence electrons. The van der Waals surface area contributed by atoms with Crippen LogP contribution in [-0.2, 0) is 4.79 Å². The Balaban J connectivity index is 2.18. The van der Waals surface area contributed by atoms with Gasteiger partial charge >= 0.3 is 0 Å². The molecule has 1 rings (SSSR count). The van der Waals surface area contributed by atoms with Gasteiger partial charge in [-0.25, -0.2) is 0 Å². The quantitative estimate of drug-likeness (QED) is 0.183. The Kier molecular flexibility index (Phi) is 8.86. The van der Waals surface area contributed by atoms with Gasteiger partial charge in [0.15, 0.2) is 5.71 Å². The van der Waals surface area contributed by atoms with E-state index in [1.807, 2.05) is 6.07 Å². The third kappa shape index (κ3) is 7.19. The molecule has 1 amide bonds. The second-order valence-corrected chi connectivity index (χ2v) is 5.60. The summed E-state index contributed by atoms with van der Waals surface area (Å²) in [4.78, 5) is 13.4. The van der Waals surface area contributed by atoms with Crippen LogP contribution in [0.5, 0.6) is 0 Å². The van der Waals surface area contributed by atoms with Crippen LogP contribution in [0.4, 0.5) is 0 Å². The molecular formula is C16H28N4O2+2. The zero-order chi connectivity index (χ0) is 16.2. The largest absolute Gasteiger partial charge is 0.410 e. The molecule has 0 saturated carbocycles. The van der Waals surface area contributed by atoms with Crippen LogP contribution in [-0.4, -0.2) is 57.1 Å². The Morgan fingerprint density at radius 1 is 1.23 bits per heavy atom. The van der Waals surface area contributed by atoms with Gasteiger partial charge in [-0.05, 0) is 0 Å². The number of amides is 1. The highest BCUT2D eigenvalue weighted by Gasteiger charge is 2.13. The first-order valence-corrected chi connectivity index (χ1v) is 7.81. The fourth-order valence-corrected chi connectivity index (χ4v) is 2.11. The van der Waals surface area contributed by atoms with E-state index in [0.717, 1.165) is 19.5 Å². The summed E-state index contributed by atoms with van der Waals surface area (Å²) < 4.78 is 0. The molecule has 0 aliphatic rings. The van der Waals surface area contributed by atoms with Crippen molar-refractivity contribution in [3.05, 3.63) is 35.9 Å². The average molecular weight is 308 g/mol. The molecule has 0 fully saturated rings. The van der Waals surface area contributed by atoms with Crippen LogP contribution in [0.25, 0.3) is 0 Å². The highest BCUT2D eigenvalue weighted by atomic mass is 16.4. The molecule has 6 heteroatoms. The Morgan fingerprint density at radius 3 is 2.55 bits per heavy atom. The second-order valence-electron chi connectivity index (χ2n) is 5.60. The predicted octanol–water partition coefficient (Wildman–Crippen LogP) is -1.53. The highest BCUT2D eigenvalue weighted by molar-refractivity contribution is 6.45. The van der Waals surface area contributed by atoms with Crippen molar-refractivity contribution in [1.82, 2.24) is 5.32 Å². The molecule has 0 heterocycles. The number of nitrogens with one attached hydrogen (secondary N) is 2. The van der Waals surface area contributed by atoms with E-state index in [1.165, 1.54) is 17.9 Å². The lowest BCUT2D eigenvalue weighted by atomic mass is 10.1. The van der Waals surface area contributed by atoms with Gasteiger partial charge in [-0.1, -0.05) is 35.5 Å². The molecule has 6 nitrogen and oxygen atoms in total. The van der Waals surface area contributed by atoms with E-state index in [2.05, 4.69) is 29.9 Å². The van der Waals surface area contributed by atoms with Crippen LogP contribution in [0.2, 0.25) is 0 Å². The Labute approximate surface area is 132 Å². The lowest BCUT2D eigenvalue weighted by molar-refractivity contribution is -0.860. The van der Waals surface area contributed by atoms with Crippen molar-refractivity contribution in [1.29, 1.82) is 0 Å². The highest BCUT2D eigenvalue weighted by Crippen LogP contribution is 2.01. The van der Waals surface area contributed by atoms with Crippen molar-refractivity contribution >= 4 is 11.6 Å². The lowest BCUT2D eigenvalue weighted by Gasteiger charge is -2.07. The number of rotatable bonds is 10. The zero-order valence-corrected chi connectivity index (χ0v) is 13.5. The standard InChI is InChI=1S/C16H26N4O2/c1-20(2)13-7-11-17-10-6-12-18-16(21)15(19-22)14-8-4-3-5-9-14/h3-5,8-9,17,22H,6-7,10-13H2,1-2H3,(H,18,21)/p+2/b19-15+. The summed E-state index contributed by atoms with van der Waals surface area (Å²) in [5, 5.41) is 17.2. The molecule has 0 saturated heterocycles. The number of oxime groups is 1. The van der Waals surface area contributed by atoms with Crippen molar-refractivity contribution in [3.63, 3.8) is 0 Å². The van der Waals surface area contributed by atoms with Crippen LogP contribution >= 0.6 is 0 Å². The number of hydrogen-bond acceptors (Lipinski definition) is 3. The number of benzene rings is 1. The van der Waals surface area contributed by atoms with E-state index in [-0.39, 0.29) is 11.6 Å². The van der Waals surface area contributed by atoms with Crippen LogP contribution < -0.4 is 15.5 Å². The number of quaternary nitrogens is 2. The van der Waals surface area contributed by atoms with Gasteiger partial charge in [0.2, 0.25) is 0 Å². The fraction of sp³-hybridized carbons (Fsp3) is 0.500. The molecule has 0 bridgehead atoms. The minimum absolute atomic E-state index is 0.0542. The molecule has 5 N–H and O–H groups in total. The first-order chi connectivity index (χ1) is 10.6. The molecule has 0 radical (unpaired) electrons. The third-order valence-corrected chi connectivity index (χ3v) is 3.32. The summed E-state index contributed by atoms with van der Waals surface area (Å²) in [5.74, 6) is -0.343. The van der Waals surface area contributed by atoms with E-state index >= 15 is 0 Å². The number of hydrogen-bond donors (Lipinski definition) is 4. The summed E-state index contributed by atoms with van der Waals surface area (Å²) in [7, 11) is 4.31. The van der Waals surface area contributed by atoms with E-state index in [1.54, 1.807) is 24.3 Å². The maximum atomic E-state index is 12.0. The number of carbonyl (C=O) groups is 1. The average Bonchev–Trinajstić information content (AvgIpc) is 2.51. The van der Waals surface area contributed by atoms with Crippen molar-refractivity contribution in [2.45, 2.75) is 12.8 Å². The molecular weight excluding hydrogens is 280 g/mol. The number of nitrogens with two attached hydrogens (primary N) is 1. The van der Waals surface area contributed by atoms with E-state index in [0.29, 0.717) is 12.1 Å². The molecule has 0 spiro atoms. The molecule has 0 unspecified atom stereocenters. The maximum absolute atomic E-state index is 12.0. The van der Waals surface area contributed by atoms with Crippen LogP contribution in [0, 0.1) is 0 Å². The van der Waals surface area contributed by atoms with Crippen LogP contribution in [0.1, 0.15) is 18.4 Å². The lowest BCUT2D eigenvalue weighted by Crippen LogP contribution is -3.06. The monoisotopic (exact) mass is 308 g/mol. The first-order valence-electron chi connectivity index (χ1n) is 7.81. The van der Waals surface area contributed by atoms with E-state index < -0.39 is 0 Å². The Bertz CT molecular complexity index is 460. The fourth-order valence-electron chi connectivity index (χ4n) is 2.11. The smallest absolute Gasteiger partial charge is 0.273 e. The van der Waals surface area contributed by atoms with Gasteiger partial charge in [0.25, 0.3) is 5.91 Å². The van der Waals surface area contributed by atoms with Gasteiger partial charge in [0.05, 0.1) is 33.7 Å². The molecule has 0 aliphatic carbocycles. The van der Waals surface area contributed by atoms with Crippen molar-refractivity contribution < 1.29 is 20.2 Å². The third-order valence-electron chi connectivity index (χ3n) is 3.32. The van der Waals surface area contributed by atoms with Crippen LogP contribution in [0.15, 0.2) is 35.5 Å². The van der Waals surface area contributed by atoms with Gasteiger partial charge in [-0.2, -0.15) is 0 Å². The van der Waals surface area contributed by atoms with Crippen molar-refractivity contribution in [2.24, 2.45) is 5.16 Å². The molecule has 1 aromatic rings. The number of nitrogens with zero attached hydrogens (tertiary/aromatic N) is 1. The normalized spacial score (nSPS) is 11.7. The maximum Gasteiger partial charge on any atom is 0.273 e. The van der Waals surface area contributed by atoms with Crippen LogP contribution in [0.3, 0.4) is 0 Å². The van der Waals surface area contributed by atoms with Gasteiger partial charge in [-0.15, -0.1) is 0 Å². The van der Waals surface area contributed by atoms with Gasteiger partial charge in [-0.3, -0.25) is 4.79 Å². The molecule has 0 atom stereocenters. The molecule has 22 heavy (non-hydrogen) atoms. The summed E-state index contributed by atoms with van der Waals surface area (Å²) in [6.45, 7) is 3.87. The summed E-state index contributed by atoms with van der Waals surface area (Å²) >= 11 is 0. The first kappa shape index (κ1) is 18.1. The second kappa shape index (κ2) is 10.8. The van der Waals surface area contributed by atoms with E-state index in [9.17, 15) is 4.79 Å². The van der Waals surface area contributed by atoms with Gasteiger partial charge in [0, 0.05) is 24.9 Å². The summed E-state index contributed by atoms with van der Waals surface area (Å²) in [6.07, 6.45) is 2.10. The minimum atomic E-state index is -0.343. The number of carbonyl (C=O) groups excluding carboxylic acids is 1. The molecule has 0 aliphatic heterocycles. The molecule has 1 aromatic carbocycles. The minimum Gasteiger partial charge on any atom is -0.410 e. The van der Waals surface area contributed by atoms with Crippen molar-refractivity contribution in [2.75, 3.05) is 40.3 Å². The van der Waals surface area contributed by atoms with E-state index in [4.69, 9.17) is 5.21 Å². The van der Waals surface area contributed by atoms with Gasteiger partial charge in [0.1, 0.15) is 0 Å². The summed E-state index contributed by atoms with van der Waals surface area (Å²) in [6, 6.07) is 8.95. The molecule has 0 aromatic heterocycles. The Hall–Kier alpha value is -1.92. The topological polar surface area (TPSA) is 82.7 Å². The van der Waals surface area contributed by atoms with Crippen molar-refractivity contribution in [3.8, 4) is 0 Å². The zero-order valence-electron chi connectivity index (χ0n) is 13.5. The predicted molar refractivity (Wildman–Crippen MR) is 86.3 cm³/mol. The SMILES string of the molecule is C[NH+](C)CCC[NH2+]CCCNC(=O)/C(=N/O)c1ccccc1. The summed E-state index contributed by atoms with van der Waals surface area (Å²) in [5.41, 5.74) is 0.666. The Morgan fingerprint density at radius 2 is 1.91 bits per heavy atom.